The molecule has 0 aliphatic carbocycles. The Labute approximate surface area is 96.3 Å². The maximum Gasteiger partial charge on any atom is 0.0829 e. The predicted octanol–water partition coefficient (Wildman–Crippen LogP) is 2.05. The van der Waals surface area contributed by atoms with Gasteiger partial charge in [0.15, 0.2) is 0 Å². The Kier molecular flexibility index (Phi) is 2.83. The van der Waals surface area contributed by atoms with Crippen LogP contribution in [0.3, 0.4) is 0 Å². The molecule has 0 saturated heterocycles. The van der Waals surface area contributed by atoms with E-state index in [1.165, 1.54) is 0 Å². The minimum atomic E-state index is -0.0385. The van der Waals surface area contributed by atoms with Crippen LogP contribution < -0.4 is 5.73 Å². The smallest absolute Gasteiger partial charge is 0.0829 e. The van der Waals surface area contributed by atoms with Crippen LogP contribution in [0.2, 0.25) is 0 Å². The minimum absolute atomic E-state index is 0.0385. The van der Waals surface area contributed by atoms with Gasteiger partial charge >= 0.3 is 0 Å². The summed E-state index contributed by atoms with van der Waals surface area (Å²) in [6.45, 7) is 1.91. The molecule has 0 amide bonds. The predicted molar refractivity (Wildman–Crippen MR) is 61.7 cm³/mol. The number of pyridine rings is 1. The Bertz CT molecular complexity index is 447. The number of nitrogens with zero attached hydrogens (tertiary/aromatic N) is 3. The van der Waals surface area contributed by atoms with Gasteiger partial charge in [0.25, 0.3) is 0 Å². The first kappa shape index (κ1) is 10.3. The van der Waals surface area contributed by atoms with Crippen LogP contribution in [-0.2, 0) is 0 Å². The van der Waals surface area contributed by atoms with E-state index in [-0.39, 0.29) is 6.04 Å². The third-order valence-electron chi connectivity index (χ3n) is 2.05. The molecule has 15 heavy (non-hydrogen) atoms. The van der Waals surface area contributed by atoms with E-state index in [0.29, 0.717) is 0 Å². The lowest BCUT2D eigenvalue weighted by Gasteiger charge is -2.05. The molecule has 2 aromatic heterocycles. The van der Waals surface area contributed by atoms with Gasteiger partial charge in [-0.3, -0.25) is 4.98 Å². The first-order chi connectivity index (χ1) is 7.16. The number of halogens is 1. The Balaban J connectivity index is 2.31. The van der Waals surface area contributed by atoms with Gasteiger partial charge in [0.1, 0.15) is 0 Å². The van der Waals surface area contributed by atoms with Gasteiger partial charge in [-0.05, 0) is 35.0 Å². The van der Waals surface area contributed by atoms with Crippen molar-refractivity contribution in [2.75, 3.05) is 0 Å². The molecule has 0 aromatic carbocycles. The molecular weight excluding hydrogens is 256 g/mol. The van der Waals surface area contributed by atoms with Crippen LogP contribution in [-0.4, -0.2) is 14.8 Å². The highest BCUT2D eigenvalue weighted by atomic mass is 79.9. The van der Waals surface area contributed by atoms with Crippen LogP contribution in [0.5, 0.6) is 0 Å². The average Bonchev–Trinajstić information content (AvgIpc) is 2.65. The summed E-state index contributed by atoms with van der Waals surface area (Å²) in [5.41, 5.74) is 7.52. The van der Waals surface area contributed by atoms with Gasteiger partial charge in [0, 0.05) is 12.2 Å². The highest BCUT2D eigenvalue weighted by Gasteiger charge is 2.02. The van der Waals surface area contributed by atoms with Crippen molar-refractivity contribution in [3.8, 4) is 5.69 Å². The summed E-state index contributed by atoms with van der Waals surface area (Å²) in [6, 6.07) is 3.82. The second-order valence-electron chi connectivity index (χ2n) is 3.33. The number of nitrogens with two attached hydrogens (primary N) is 1. The van der Waals surface area contributed by atoms with E-state index in [4.69, 9.17) is 5.73 Å². The van der Waals surface area contributed by atoms with Gasteiger partial charge < -0.3 is 5.73 Å². The van der Waals surface area contributed by atoms with E-state index in [2.05, 4.69) is 26.0 Å². The van der Waals surface area contributed by atoms with E-state index in [9.17, 15) is 0 Å². The van der Waals surface area contributed by atoms with Crippen LogP contribution in [0.15, 0.2) is 35.2 Å². The first-order valence-electron chi connectivity index (χ1n) is 4.59. The van der Waals surface area contributed by atoms with Gasteiger partial charge in [-0.15, -0.1) is 0 Å². The second-order valence-corrected chi connectivity index (χ2v) is 4.25. The van der Waals surface area contributed by atoms with Crippen molar-refractivity contribution < 1.29 is 0 Å². The molecule has 2 heterocycles. The Morgan fingerprint density at radius 1 is 1.40 bits per heavy atom. The maximum atomic E-state index is 5.71. The Hall–Kier alpha value is -1.20. The van der Waals surface area contributed by atoms with Crippen molar-refractivity contribution in [1.82, 2.24) is 14.8 Å². The largest absolute Gasteiger partial charge is 0.323 e. The molecule has 0 aliphatic rings. The van der Waals surface area contributed by atoms with Gasteiger partial charge in [0.05, 0.1) is 28.2 Å². The molecule has 5 heteroatoms. The van der Waals surface area contributed by atoms with Crippen LogP contribution >= 0.6 is 15.9 Å². The molecule has 0 aliphatic heterocycles. The van der Waals surface area contributed by atoms with Crippen LogP contribution in [0.25, 0.3) is 5.69 Å². The number of aromatic nitrogens is 3. The molecule has 2 rings (SSSR count). The number of hydrogen-bond acceptors (Lipinski definition) is 3. The zero-order chi connectivity index (χ0) is 10.8. The highest BCUT2D eigenvalue weighted by molar-refractivity contribution is 9.10. The number of hydrogen-bond donors (Lipinski definition) is 1. The third-order valence-corrected chi connectivity index (χ3v) is 2.46. The summed E-state index contributed by atoms with van der Waals surface area (Å²) in [7, 11) is 0. The third kappa shape index (κ3) is 2.24. The first-order valence-corrected chi connectivity index (χ1v) is 5.38. The van der Waals surface area contributed by atoms with E-state index >= 15 is 0 Å². The topological polar surface area (TPSA) is 56.7 Å². The lowest BCUT2D eigenvalue weighted by atomic mass is 10.2. The molecular formula is C10H11BrN4. The molecule has 0 spiro atoms. The Morgan fingerprint density at radius 3 is 2.67 bits per heavy atom. The quantitative estimate of drug-likeness (QED) is 0.905. The summed E-state index contributed by atoms with van der Waals surface area (Å²) >= 11 is 3.34. The van der Waals surface area contributed by atoms with Gasteiger partial charge in [-0.25, -0.2) is 4.68 Å². The summed E-state index contributed by atoms with van der Waals surface area (Å²) in [4.78, 5) is 4.26. The van der Waals surface area contributed by atoms with Crippen molar-refractivity contribution in [2.45, 2.75) is 13.0 Å². The van der Waals surface area contributed by atoms with Crippen molar-refractivity contribution >= 4 is 15.9 Å². The summed E-state index contributed by atoms with van der Waals surface area (Å²) < 4.78 is 2.70. The molecule has 0 radical (unpaired) electrons. The summed E-state index contributed by atoms with van der Waals surface area (Å²) in [6.07, 6.45) is 5.38. The van der Waals surface area contributed by atoms with E-state index < -0.39 is 0 Å². The fourth-order valence-corrected chi connectivity index (χ4v) is 1.53. The normalized spacial score (nSPS) is 12.7. The molecule has 2 N–H and O–H groups in total. The molecule has 0 bridgehead atoms. The Morgan fingerprint density at radius 2 is 2.20 bits per heavy atom. The van der Waals surface area contributed by atoms with E-state index in [1.54, 1.807) is 17.1 Å². The summed E-state index contributed by atoms with van der Waals surface area (Å²) in [5, 5.41) is 4.16. The molecule has 0 fully saturated rings. The van der Waals surface area contributed by atoms with Crippen LogP contribution in [0, 0.1) is 0 Å². The zero-order valence-corrected chi connectivity index (χ0v) is 9.85. The van der Waals surface area contributed by atoms with Crippen molar-refractivity contribution in [1.29, 1.82) is 0 Å². The van der Waals surface area contributed by atoms with Crippen molar-refractivity contribution in [3.05, 3.63) is 40.9 Å². The van der Waals surface area contributed by atoms with Crippen LogP contribution in [0.4, 0.5) is 0 Å². The maximum absolute atomic E-state index is 5.71. The van der Waals surface area contributed by atoms with Crippen LogP contribution in [0.1, 0.15) is 18.7 Å². The fourth-order valence-electron chi connectivity index (χ4n) is 1.24. The fraction of sp³-hybridized carbons (Fsp3) is 0.200. The van der Waals surface area contributed by atoms with Gasteiger partial charge in [-0.2, -0.15) is 5.10 Å². The molecule has 78 valence electrons. The van der Waals surface area contributed by atoms with E-state index in [0.717, 1.165) is 15.9 Å². The monoisotopic (exact) mass is 266 g/mol. The van der Waals surface area contributed by atoms with Gasteiger partial charge in [-0.1, -0.05) is 0 Å². The lowest BCUT2D eigenvalue weighted by Crippen LogP contribution is -2.07. The van der Waals surface area contributed by atoms with Crippen molar-refractivity contribution in [2.24, 2.45) is 5.73 Å². The SMILES string of the molecule is CC(N)c1ccc(-n2cc(Br)cn2)cn1. The summed E-state index contributed by atoms with van der Waals surface area (Å²) in [5.74, 6) is 0. The molecule has 4 nitrogen and oxygen atoms in total. The molecule has 1 unspecified atom stereocenters. The number of rotatable bonds is 2. The second kappa shape index (κ2) is 4.12. The average molecular weight is 267 g/mol. The zero-order valence-electron chi connectivity index (χ0n) is 8.26. The molecule has 2 aromatic rings. The standard InChI is InChI=1S/C10H11BrN4/c1-7(12)10-3-2-9(5-13-10)15-6-8(11)4-14-15/h2-7H,12H2,1H3. The molecule has 0 saturated carbocycles. The van der Waals surface area contributed by atoms with Gasteiger partial charge in [0.2, 0.25) is 0 Å². The van der Waals surface area contributed by atoms with E-state index in [1.807, 2.05) is 25.3 Å². The molecule has 1 atom stereocenters. The lowest BCUT2D eigenvalue weighted by molar-refractivity contribution is 0.775. The highest BCUT2D eigenvalue weighted by Crippen LogP contribution is 2.13. The minimum Gasteiger partial charge on any atom is -0.323 e. The van der Waals surface area contributed by atoms with Crippen molar-refractivity contribution in [3.63, 3.8) is 0 Å².